The molecule has 0 N–H and O–H groups in total. The summed E-state index contributed by atoms with van der Waals surface area (Å²) in [4.78, 5) is 24.4. The van der Waals surface area contributed by atoms with Crippen LogP contribution in [0.1, 0.15) is 0 Å². The van der Waals surface area contributed by atoms with Crippen molar-refractivity contribution in [3.05, 3.63) is 0 Å². The molecule has 0 aromatic rings. The number of hydrogen-bond donors (Lipinski definition) is 0. The molecule has 4 nitrogen and oxygen atoms in total. The van der Waals surface area contributed by atoms with Gasteiger partial charge < -0.3 is 9.47 Å². The van der Waals surface area contributed by atoms with Crippen LogP contribution in [0.15, 0.2) is 0 Å². The van der Waals surface area contributed by atoms with E-state index in [1.165, 1.54) is 14.2 Å². The highest BCUT2D eigenvalue weighted by Crippen LogP contribution is 2.90. The normalized spacial score (nSPS) is 59.2. The number of fused-ring (bicyclic) bond motifs is 1. The highest BCUT2D eigenvalue weighted by atomic mass is 19.3. The van der Waals surface area contributed by atoms with Gasteiger partial charge in [-0.1, -0.05) is 0 Å². The Hall–Kier alpha value is -1.20. The predicted molar refractivity (Wildman–Crippen MR) is 63.9 cm³/mol. The van der Waals surface area contributed by atoms with Crippen LogP contribution >= 0.6 is 0 Å². The Bertz CT molecular complexity index is 508. The van der Waals surface area contributed by atoms with Gasteiger partial charge in [0.1, 0.15) is 0 Å². The summed E-state index contributed by atoms with van der Waals surface area (Å²) >= 11 is 0. The van der Waals surface area contributed by atoms with Crippen molar-refractivity contribution in [2.24, 2.45) is 59.2 Å². The zero-order valence-corrected chi connectivity index (χ0v) is 11.7. The minimum atomic E-state index is -2.59. The van der Waals surface area contributed by atoms with Crippen molar-refractivity contribution < 1.29 is 27.8 Å². The molecule has 0 radical (unpaired) electrons. The highest BCUT2D eigenvalue weighted by molar-refractivity contribution is 5.84. The van der Waals surface area contributed by atoms with Crippen molar-refractivity contribution in [2.75, 3.05) is 14.2 Å². The van der Waals surface area contributed by atoms with Gasteiger partial charge in [-0.3, -0.25) is 9.59 Å². The fourth-order valence-corrected chi connectivity index (χ4v) is 6.78. The van der Waals surface area contributed by atoms with Crippen LogP contribution < -0.4 is 0 Å². The molecule has 7 fully saturated rings. The van der Waals surface area contributed by atoms with Gasteiger partial charge in [0.25, 0.3) is 5.92 Å². The van der Waals surface area contributed by atoms with Crippen LogP contribution in [-0.4, -0.2) is 32.1 Å². The van der Waals surface area contributed by atoms with Gasteiger partial charge in [-0.25, -0.2) is 8.78 Å². The molecule has 7 rings (SSSR count). The van der Waals surface area contributed by atoms with E-state index in [0.717, 1.165) is 0 Å². The monoisotopic (exact) mass is 298 g/mol. The molecule has 0 aliphatic heterocycles. The number of ether oxygens (including phenoxy) is 2. The third-order valence-corrected chi connectivity index (χ3v) is 7.10. The highest BCUT2D eigenvalue weighted by Gasteiger charge is 2.93. The quantitative estimate of drug-likeness (QED) is 0.719. The van der Waals surface area contributed by atoms with Crippen LogP contribution in [0.3, 0.4) is 0 Å². The van der Waals surface area contributed by atoms with E-state index >= 15 is 0 Å². The molecule has 0 heterocycles. The number of carbonyl (C=O) groups is 2. The summed E-state index contributed by atoms with van der Waals surface area (Å²) in [6, 6.07) is 0. The Labute approximate surface area is 120 Å². The predicted octanol–water partition coefficient (Wildman–Crippen LogP) is 1.20. The number of hydrogen-bond acceptors (Lipinski definition) is 4. The third kappa shape index (κ3) is 1.06. The first-order valence-corrected chi connectivity index (χ1v) is 7.50. The fourth-order valence-electron chi connectivity index (χ4n) is 6.78. The summed E-state index contributed by atoms with van der Waals surface area (Å²) in [7, 11) is 2.59. The number of alkyl halides is 2. The zero-order valence-electron chi connectivity index (χ0n) is 11.7. The van der Waals surface area contributed by atoms with E-state index in [0.29, 0.717) is 0 Å². The van der Waals surface area contributed by atoms with Crippen LogP contribution in [0.2, 0.25) is 0 Å². The van der Waals surface area contributed by atoms with E-state index in [2.05, 4.69) is 0 Å². The first-order chi connectivity index (χ1) is 9.96. The van der Waals surface area contributed by atoms with Crippen molar-refractivity contribution >= 4 is 11.9 Å². The molecule has 114 valence electrons. The molecule has 8 atom stereocenters. The minimum absolute atomic E-state index is 0.0880. The van der Waals surface area contributed by atoms with Gasteiger partial charge in [-0.15, -0.1) is 0 Å². The summed E-state index contributed by atoms with van der Waals surface area (Å²) in [5.41, 5.74) is 0. The molecule has 21 heavy (non-hydrogen) atoms. The molecule has 7 aliphatic rings. The molecule has 8 bridgehead atoms. The van der Waals surface area contributed by atoms with Crippen molar-refractivity contribution in [2.45, 2.75) is 5.92 Å². The maximum absolute atomic E-state index is 14.3. The average Bonchev–Trinajstić information content (AvgIpc) is 3.33. The van der Waals surface area contributed by atoms with Gasteiger partial charge in [-0.2, -0.15) is 0 Å². The lowest BCUT2D eigenvalue weighted by atomic mass is 9.58. The Morgan fingerprint density at radius 3 is 1.38 bits per heavy atom. The van der Waals surface area contributed by atoms with Crippen molar-refractivity contribution in [3.63, 3.8) is 0 Å². The minimum Gasteiger partial charge on any atom is -0.469 e. The summed E-state index contributed by atoms with van der Waals surface area (Å²) in [6.45, 7) is 0. The second kappa shape index (κ2) is 3.25. The van der Waals surface area contributed by atoms with Crippen LogP contribution in [0.5, 0.6) is 0 Å². The van der Waals surface area contributed by atoms with Crippen molar-refractivity contribution in [1.82, 2.24) is 0 Å². The average molecular weight is 298 g/mol. The molecule has 7 saturated carbocycles. The number of carbonyl (C=O) groups excluding carboxylic acids is 2. The van der Waals surface area contributed by atoms with Crippen LogP contribution in [0.25, 0.3) is 0 Å². The number of esters is 2. The standard InChI is InChI=1S/C15H16F2O4/c1-20-13(18)9-3-5-7-4(10(9)14(19)21-2)8-6(3)12(8)15(16,17)11(5)7/h3-12H,1-2H3/t3?,4?,5?,6?,7?,8?,9-,10+,11?,12?. The molecule has 0 aromatic carbocycles. The van der Waals surface area contributed by atoms with Gasteiger partial charge in [-0.05, 0) is 35.5 Å². The second-order valence-corrected chi connectivity index (χ2v) is 7.29. The van der Waals surface area contributed by atoms with Gasteiger partial charge in [0.05, 0.1) is 26.1 Å². The molecule has 7 aliphatic carbocycles. The number of rotatable bonds is 2. The molecule has 0 amide bonds. The lowest BCUT2D eigenvalue weighted by Crippen LogP contribution is -2.51. The van der Waals surface area contributed by atoms with Gasteiger partial charge in [0.15, 0.2) is 0 Å². The molecule has 0 aromatic heterocycles. The molecule has 0 saturated heterocycles. The molecular formula is C15H16F2O4. The summed E-state index contributed by atoms with van der Waals surface area (Å²) in [5, 5.41) is 0. The van der Waals surface area contributed by atoms with E-state index in [-0.39, 0.29) is 35.5 Å². The van der Waals surface area contributed by atoms with E-state index in [1.807, 2.05) is 0 Å². The van der Waals surface area contributed by atoms with E-state index < -0.39 is 41.5 Å². The maximum atomic E-state index is 14.3. The summed E-state index contributed by atoms with van der Waals surface area (Å²) in [5.74, 6) is -6.41. The Kier molecular flexibility index (Phi) is 1.91. The van der Waals surface area contributed by atoms with Gasteiger partial charge >= 0.3 is 11.9 Å². The van der Waals surface area contributed by atoms with Crippen molar-refractivity contribution in [3.8, 4) is 0 Å². The Morgan fingerprint density at radius 2 is 1.10 bits per heavy atom. The maximum Gasteiger partial charge on any atom is 0.309 e. The number of methoxy groups -OCH3 is 2. The Morgan fingerprint density at radius 1 is 0.762 bits per heavy atom. The summed E-state index contributed by atoms with van der Waals surface area (Å²) < 4.78 is 38.4. The van der Waals surface area contributed by atoms with Crippen LogP contribution in [-0.2, 0) is 19.1 Å². The second-order valence-electron chi connectivity index (χ2n) is 7.29. The summed E-state index contributed by atoms with van der Waals surface area (Å²) in [6.07, 6.45) is 0. The topological polar surface area (TPSA) is 52.6 Å². The lowest BCUT2D eigenvalue weighted by Gasteiger charge is -2.44. The lowest BCUT2D eigenvalue weighted by molar-refractivity contribution is -0.171. The van der Waals surface area contributed by atoms with Crippen molar-refractivity contribution in [1.29, 1.82) is 0 Å². The SMILES string of the molecule is COC(=O)[C@@H]1C2C3C4C(C5C2C5C(F)(F)C34)[C@@H]1C(=O)OC. The van der Waals surface area contributed by atoms with Gasteiger partial charge in [0.2, 0.25) is 0 Å². The van der Waals surface area contributed by atoms with Crippen LogP contribution in [0, 0.1) is 59.2 Å². The van der Waals surface area contributed by atoms with E-state index in [4.69, 9.17) is 9.47 Å². The number of halogens is 2. The fraction of sp³-hybridized carbons (Fsp3) is 0.867. The van der Waals surface area contributed by atoms with Crippen LogP contribution in [0.4, 0.5) is 8.78 Å². The molecule has 0 spiro atoms. The smallest absolute Gasteiger partial charge is 0.309 e. The first kappa shape index (κ1) is 12.4. The van der Waals surface area contributed by atoms with Gasteiger partial charge in [0, 0.05) is 11.8 Å². The van der Waals surface area contributed by atoms with E-state index in [9.17, 15) is 18.4 Å². The molecule has 6 heteroatoms. The molecular weight excluding hydrogens is 282 g/mol. The largest absolute Gasteiger partial charge is 0.469 e. The molecule has 6 unspecified atom stereocenters. The first-order valence-electron chi connectivity index (χ1n) is 7.50. The zero-order chi connectivity index (χ0) is 14.8. The Balaban J connectivity index is 1.61. The third-order valence-electron chi connectivity index (χ3n) is 7.10. The van der Waals surface area contributed by atoms with E-state index in [1.54, 1.807) is 0 Å².